The van der Waals surface area contributed by atoms with Crippen LogP contribution < -0.4 is 5.32 Å². The van der Waals surface area contributed by atoms with Gasteiger partial charge in [-0.1, -0.05) is 24.9 Å². The molecule has 0 amide bonds. The predicted molar refractivity (Wildman–Crippen MR) is 77.4 cm³/mol. The number of aliphatic hydroxyl groups is 1. The third-order valence-corrected chi connectivity index (χ3v) is 4.87. The molecule has 0 saturated heterocycles. The maximum absolute atomic E-state index is 9.77. The monoisotopic (exact) mass is 285 g/mol. The van der Waals surface area contributed by atoms with Crippen LogP contribution in [0.5, 0.6) is 0 Å². The van der Waals surface area contributed by atoms with E-state index >= 15 is 0 Å². The molecule has 4 nitrogen and oxygen atoms in total. The van der Waals surface area contributed by atoms with Gasteiger partial charge < -0.3 is 10.4 Å². The number of likely N-dealkylation sites (N-methyl/N-ethyl adjacent to an activating group) is 1. The highest BCUT2D eigenvalue weighted by molar-refractivity contribution is 6.31. The van der Waals surface area contributed by atoms with Crippen LogP contribution in [0.4, 0.5) is 0 Å². The fraction of sp³-hybridized carbons (Fsp3) is 0.786. The molecule has 0 spiro atoms. The molecule has 0 aliphatic heterocycles. The molecule has 1 saturated carbocycles. The standard InChI is InChI=1S/C14H24ClN3O/c1-3-16-14(10-19)7-4-5-12(14)6-8-18-11(2)13(15)9-17-18/h9,12,16,19H,3-8,10H2,1-2H3. The Labute approximate surface area is 120 Å². The third kappa shape index (κ3) is 2.96. The van der Waals surface area contributed by atoms with Crippen LogP contribution in [0.1, 0.15) is 38.3 Å². The summed E-state index contributed by atoms with van der Waals surface area (Å²) in [5.74, 6) is 0.514. The van der Waals surface area contributed by atoms with Crippen molar-refractivity contribution in [3.8, 4) is 0 Å². The number of rotatable bonds is 6. The Hall–Kier alpha value is -0.580. The number of hydrogen-bond acceptors (Lipinski definition) is 3. The SMILES string of the molecule is CCNC1(CO)CCCC1CCn1ncc(Cl)c1C. The maximum Gasteiger partial charge on any atom is 0.0814 e. The maximum atomic E-state index is 9.77. The van der Waals surface area contributed by atoms with Gasteiger partial charge in [0.15, 0.2) is 0 Å². The second-order valence-corrected chi connectivity index (χ2v) is 5.93. The summed E-state index contributed by atoms with van der Waals surface area (Å²) in [5, 5.41) is 18.3. The Morgan fingerprint density at radius 1 is 1.63 bits per heavy atom. The van der Waals surface area contributed by atoms with Crippen LogP contribution in [0.3, 0.4) is 0 Å². The average molecular weight is 286 g/mol. The lowest BCUT2D eigenvalue weighted by atomic mass is 9.85. The molecule has 2 N–H and O–H groups in total. The number of hydrogen-bond donors (Lipinski definition) is 2. The molecule has 1 aromatic rings. The molecule has 2 atom stereocenters. The second kappa shape index (κ2) is 6.25. The zero-order valence-electron chi connectivity index (χ0n) is 11.8. The molecule has 1 heterocycles. The van der Waals surface area contributed by atoms with Gasteiger partial charge in [-0.25, -0.2) is 0 Å². The summed E-state index contributed by atoms with van der Waals surface area (Å²) in [6.07, 6.45) is 6.18. The number of halogens is 1. The van der Waals surface area contributed by atoms with E-state index in [-0.39, 0.29) is 12.1 Å². The van der Waals surface area contributed by atoms with Gasteiger partial charge in [-0.3, -0.25) is 4.68 Å². The number of aryl methyl sites for hydroxylation is 1. The van der Waals surface area contributed by atoms with Gasteiger partial charge in [-0.05, 0) is 38.6 Å². The van der Waals surface area contributed by atoms with Crippen molar-refractivity contribution in [1.82, 2.24) is 15.1 Å². The van der Waals surface area contributed by atoms with Gasteiger partial charge in [-0.2, -0.15) is 5.10 Å². The molecule has 1 aliphatic carbocycles. The van der Waals surface area contributed by atoms with Crippen LogP contribution in [-0.2, 0) is 6.54 Å². The molecule has 0 aromatic carbocycles. The molecule has 2 rings (SSSR count). The molecular formula is C14H24ClN3O. The minimum atomic E-state index is -0.0837. The van der Waals surface area contributed by atoms with Crippen LogP contribution in [0.2, 0.25) is 5.02 Å². The normalized spacial score (nSPS) is 27.1. The molecule has 0 radical (unpaired) electrons. The van der Waals surface area contributed by atoms with Crippen LogP contribution in [0.25, 0.3) is 0 Å². The van der Waals surface area contributed by atoms with E-state index in [1.165, 1.54) is 12.8 Å². The first-order chi connectivity index (χ1) is 9.13. The lowest BCUT2D eigenvalue weighted by molar-refractivity contribution is 0.118. The van der Waals surface area contributed by atoms with Gasteiger partial charge in [0, 0.05) is 12.1 Å². The van der Waals surface area contributed by atoms with Crippen molar-refractivity contribution < 1.29 is 5.11 Å². The number of nitrogens with zero attached hydrogens (tertiary/aromatic N) is 2. The quantitative estimate of drug-likeness (QED) is 0.844. The summed E-state index contributed by atoms with van der Waals surface area (Å²) in [6.45, 7) is 6.10. The Bertz CT molecular complexity index is 421. The zero-order chi connectivity index (χ0) is 13.9. The van der Waals surface area contributed by atoms with E-state index in [4.69, 9.17) is 11.6 Å². The van der Waals surface area contributed by atoms with Crippen LogP contribution >= 0.6 is 11.6 Å². The molecule has 0 bridgehead atoms. The molecule has 2 unspecified atom stereocenters. The van der Waals surface area contributed by atoms with Crippen molar-refractivity contribution >= 4 is 11.6 Å². The van der Waals surface area contributed by atoms with Gasteiger partial charge in [0.2, 0.25) is 0 Å². The second-order valence-electron chi connectivity index (χ2n) is 5.52. The fourth-order valence-electron chi connectivity index (χ4n) is 3.34. The van der Waals surface area contributed by atoms with E-state index in [0.717, 1.165) is 36.6 Å². The smallest absolute Gasteiger partial charge is 0.0814 e. The van der Waals surface area contributed by atoms with Gasteiger partial charge in [0.1, 0.15) is 0 Å². The van der Waals surface area contributed by atoms with Crippen molar-refractivity contribution in [1.29, 1.82) is 0 Å². The molecular weight excluding hydrogens is 262 g/mol. The van der Waals surface area contributed by atoms with Crippen molar-refractivity contribution in [2.75, 3.05) is 13.2 Å². The van der Waals surface area contributed by atoms with E-state index in [2.05, 4.69) is 17.3 Å². The number of aliphatic hydroxyl groups excluding tert-OH is 1. The molecule has 108 valence electrons. The average Bonchev–Trinajstić information content (AvgIpc) is 2.94. The summed E-state index contributed by atoms with van der Waals surface area (Å²) < 4.78 is 1.97. The number of nitrogens with one attached hydrogen (secondary N) is 1. The summed E-state index contributed by atoms with van der Waals surface area (Å²) in [5.41, 5.74) is 0.942. The van der Waals surface area contributed by atoms with E-state index in [9.17, 15) is 5.11 Å². The summed E-state index contributed by atoms with van der Waals surface area (Å²) in [6, 6.07) is 0. The largest absolute Gasteiger partial charge is 0.394 e. The summed E-state index contributed by atoms with van der Waals surface area (Å²) >= 11 is 6.02. The van der Waals surface area contributed by atoms with Gasteiger partial charge in [-0.15, -0.1) is 0 Å². The minimum Gasteiger partial charge on any atom is -0.394 e. The van der Waals surface area contributed by atoms with E-state index in [0.29, 0.717) is 5.92 Å². The highest BCUT2D eigenvalue weighted by Gasteiger charge is 2.41. The molecule has 1 aromatic heterocycles. The summed E-state index contributed by atoms with van der Waals surface area (Å²) in [4.78, 5) is 0. The highest BCUT2D eigenvalue weighted by atomic mass is 35.5. The molecule has 19 heavy (non-hydrogen) atoms. The van der Waals surface area contributed by atoms with Crippen LogP contribution in [0, 0.1) is 12.8 Å². The first-order valence-electron chi connectivity index (χ1n) is 7.16. The Balaban J connectivity index is 2.00. The first kappa shape index (κ1) is 14.8. The van der Waals surface area contributed by atoms with Crippen LogP contribution in [0.15, 0.2) is 6.20 Å². The third-order valence-electron chi connectivity index (χ3n) is 4.50. The lowest BCUT2D eigenvalue weighted by Crippen LogP contribution is -2.51. The molecule has 1 aliphatic rings. The number of aromatic nitrogens is 2. The topological polar surface area (TPSA) is 50.1 Å². The van der Waals surface area contributed by atoms with Gasteiger partial charge >= 0.3 is 0 Å². The first-order valence-corrected chi connectivity index (χ1v) is 7.54. The van der Waals surface area contributed by atoms with Gasteiger partial charge in [0.25, 0.3) is 0 Å². The van der Waals surface area contributed by atoms with E-state index in [1.54, 1.807) is 6.20 Å². The van der Waals surface area contributed by atoms with Crippen molar-refractivity contribution in [2.24, 2.45) is 5.92 Å². The van der Waals surface area contributed by atoms with Crippen molar-refractivity contribution in [3.63, 3.8) is 0 Å². The van der Waals surface area contributed by atoms with Gasteiger partial charge in [0.05, 0.1) is 23.5 Å². The van der Waals surface area contributed by atoms with Crippen LogP contribution in [-0.4, -0.2) is 33.6 Å². The lowest BCUT2D eigenvalue weighted by Gasteiger charge is -2.35. The Morgan fingerprint density at radius 2 is 2.42 bits per heavy atom. The molecule has 1 fully saturated rings. The van der Waals surface area contributed by atoms with Crippen molar-refractivity contribution in [2.45, 2.75) is 51.6 Å². The van der Waals surface area contributed by atoms with E-state index < -0.39 is 0 Å². The molecule has 5 heteroatoms. The summed E-state index contributed by atoms with van der Waals surface area (Å²) in [7, 11) is 0. The van der Waals surface area contributed by atoms with E-state index in [1.807, 2.05) is 11.6 Å². The zero-order valence-corrected chi connectivity index (χ0v) is 12.6. The predicted octanol–water partition coefficient (Wildman–Crippen LogP) is 2.38. The Kier molecular flexibility index (Phi) is 4.87. The van der Waals surface area contributed by atoms with Crippen molar-refractivity contribution in [3.05, 3.63) is 16.9 Å². The fourth-order valence-corrected chi connectivity index (χ4v) is 3.48. The Morgan fingerprint density at radius 3 is 3.00 bits per heavy atom. The highest BCUT2D eigenvalue weighted by Crippen LogP contribution is 2.38. The minimum absolute atomic E-state index is 0.0837.